The van der Waals surface area contributed by atoms with Gasteiger partial charge in [0.15, 0.2) is 0 Å². The monoisotopic (exact) mass is 267 g/mol. The van der Waals surface area contributed by atoms with E-state index in [0.29, 0.717) is 6.54 Å². The molecule has 1 heterocycles. The Hall–Kier alpha value is -1.36. The van der Waals surface area contributed by atoms with E-state index in [-0.39, 0.29) is 24.5 Å². The number of hydrogen-bond acceptors (Lipinski definition) is 3. The summed E-state index contributed by atoms with van der Waals surface area (Å²) in [6.07, 6.45) is 1.66. The molecule has 0 radical (unpaired) electrons. The number of carbonyl (C=O) groups excluding carboxylic acids is 1. The quantitative estimate of drug-likeness (QED) is 0.785. The SMILES string of the molecule is Cc1cc(C)n(CC(=O)NCC(C)(C)CCCO)n1. The lowest BCUT2D eigenvalue weighted by molar-refractivity contribution is -0.122. The maximum absolute atomic E-state index is 11.9. The van der Waals surface area contributed by atoms with Gasteiger partial charge in [0.05, 0.1) is 5.69 Å². The predicted octanol–water partition coefficient (Wildman–Crippen LogP) is 1.41. The molecule has 108 valence electrons. The number of aliphatic hydroxyl groups excluding tert-OH is 1. The van der Waals surface area contributed by atoms with Crippen molar-refractivity contribution >= 4 is 5.91 Å². The van der Waals surface area contributed by atoms with Gasteiger partial charge in [0.2, 0.25) is 5.91 Å². The molecule has 0 fully saturated rings. The molecule has 0 saturated carbocycles. The number of aliphatic hydroxyl groups is 1. The van der Waals surface area contributed by atoms with Gasteiger partial charge in [-0.05, 0) is 38.2 Å². The lowest BCUT2D eigenvalue weighted by Gasteiger charge is -2.24. The highest BCUT2D eigenvalue weighted by Crippen LogP contribution is 2.20. The fraction of sp³-hybridized carbons (Fsp3) is 0.714. The van der Waals surface area contributed by atoms with Gasteiger partial charge in [-0.15, -0.1) is 0 Å². The average molecular weight is 267 g/mol. The van der Waals surface area contributed by atoms with Crippen molar-refractivity contribution in [1.82, 2.24) is 15.1 Å². The Morgan fingerprint density at radius 3 is 2.68 bits per heavy atom. The predicted molar refractivity (Wildman–Crippen MR) is 74.8 cm³/mol. The van der Waals surface area contributed by atoms with Crippen LogP contribution in [0.3, 0.4) is 0 Å². The maximum atomic E-state index is 11.9. The van der Waals surface area contributed by atoms with E-state index in [0.717, 1.165) is 24.2 Å². The number of hydrogen-bond donors (Lipinski definition) is 2. The van der Waals surface area contributed by atoms with Gasteiger partial charge in [-0.2, -0.15) is 5.10 Å². The van der Waals surface area contributed by atoms with Crippen LogP contribution in [0.5, 0.6) is 0 Å². The van der Waals surface area contributed by atoms with Gasteiger partial charge in [-0.25, -0.2) is 0 Å². The third-order valence-electron chi connectivity index (χ3n) is 3.17. The lowest BCUT2D eigenvalue weighted by Crippen LogP contribution is -2.36. The minimum atomic E-state index is -0.0247. The standard InChI is InChI=1S/C14H25N3O2/c1-11-8-12(2)17(16-11)9-13(19)15-10-14(3,4)6-5-7-18/h8,18H,5-7,9-10H2,1-4H3,(H,15,19). The maximum Gasteiger partial charge on any atom is 0.241 e. The van der Waals surface area contributed by atoms with E-state index >= 15 is 0 Å². The molecular weight excluding hydrogens is 242 g/mol. The minimum absolute atomic E-state index is 0.00741. The summed E-state index contributed by atoms with van der Waals surface area (Å²) in [5.74, 6) is -0.0247. The Labute approximate surface area is 115 Å². The molecule has 0 aliphatic carbocycles. The van der Waals surface area contributed by atoms with Crippen molar-refractivity contribution in [1.29, 1.82) is 0 Å². The molecule has 0 aliphatic heterocycles. The third-order valence-corrected chi connectivity index (χ3v) is 3.17. The largest absolute Gasteiger partial charge is 0.396 e. The van der Waals surface area contributed by atoms with Crippen molar-refractivity contribution in [3.05, 3.63) is 17.5 Å². The normalized spacial score (nSPS) is 11.6. The summed E-state index contributed by atoms with van der Waals surface area (Å²) in [5, 5.41) is 16.0. The zero-order valence-electron chi connectivity index (χ0n) is 12.4. The van der Waals surface area contributed by atoms with E-state index in [2.05, 4.69) is 24.3 Å². The van der Waals surface area contributed by atoms with Gasteiger partial charge in [-0.1, -0.05) is 13.8 Å². The third kappa shape index (κ3) is 5.42. The second kappa shape index (κ2) is 6.70. The molecule has 0 bridgehead atoms. The molecule has 0 unspecified atom stereocenters. The van der Waals surface area contributed by atoms with Crippen LogP contribution in [0, 0.1) is 19.3 Å². The Morgan fingerprint density at radius 2 is 2.16 bits per heavy atom. The molecule has 1 aromatic heterocycles. The molecule has 5 heteroatoms. The second-order valence-electron chi connectivity index (χ2n) is 5.85. The first-order chi connectivity index (χ1) is 8.84. The second-order valence-corrected chi connectivity index (χ2v) is 5.85. The minimum Gasteiger partial charge on any atom is -0.396 e. The average Bonchev–Trinajstić information content (AvgIpc) is 2.63. The molecule has 1 amide bonds. The van der Waals surface area contributed by atoms with Crippen LogP contribution in [0.4, 0.5) is 0 Å². The van der Waals surface area contributed by atoms with E-state index in [1.54, 1.807) is 4.68 Å². The Kier molecular flexibility index (Phi) is 5.54. The smallest absolute Gasteiger partial charge is 0.241 e. The van der Waals surface area contributed by atoms with Crippen LogP contribution in [0.2, 0.25) is 0 Å². The topological polar surface area (TPSA) is 67.2 Å². The van der Waals surface area contributed by atoms with Crippen LogP contribution >= 0.6 is 0 Å². The van der Waals surface area contributed by atoms with Crippen LogP contribution in [0.1, 0.15) is 38.1 Å². The van der Waals surface area contributed by atoms with Crippen molar-refractivity contribution in [2.45, 2.75) is 47.1 Å². The van der Waals surface area contributed by atoms with E-state index < -0.39 is 0 Å². The highest BCUT2D eigenvalue weighted by Gasteiger charge is 2.18. The fourth-order valence-corrected chi connectivity index (χ4v) is 2.01. The number of aryl methyl sites for hydroxylation is 2. The van der Waals surface area contributed by atoms with Crippen molar-refractivity contribution in [3.63, 3.8) is 0 Å². The number of carbonyl (C=O) groups is 1. The summed E-state index contributed by atoms with van der Waals surface area (Å²) in [5.41, 5.74) is 1.92. The summed E-state index contributed by atoms with van der Waals surface area (Å²) >= 11 is 0. The molecule has 0 spiro atoms. The number of nitrogens with zero attached hydrogens (tertiary/aromatic N) is 2. The molecule has 1 aromatic rings. The van der Waals surface area contributed by atoms with Crippen LogP contribution in [0.25, 0.3) is 0 Å². The first-order valence-electron chi connectivity index (χ1n) is 6.73. The molecule has 0 aromatic carbocycles. The van der Waals surface area contributed by atoms with E-state index in [9.17, 15) is 4.79 Å². The van der Waals surface area contributed by atoms with Crippen LogP contribution in [-0.4, -0.2) is 33.9 Å². The molecule has 0 saturated heterocycles. The van der Waals surface area contributed by atoms with Crippen molar-refractivity contribution in [3.8, 4) is 0 Å². The Balaban J connectivity index is 2.41. The van der Waals surface area contributed by atoms with Gasteiger partial charge in [0.25, 0.3) is 0 Å². The van der Waals surface area contributed by atoms with E-state index in [4.69, 9.17) is 5.11 Å². The lowest BCUT2D eigenvalue weighted by atomic mass is 9.88. The highest BCUT2D eigenvalue weighted by atomic mass is 16.2. The van der Waals surface area contributed by atoms with Crippen LogP contribution in [0.15, 0.2) is 6.07 Å². The number of nitrogens with one attached hydrogen (secondary N) is 1. The molecule has 0 atom stereocenters. The molecule has 5 nitrogen and oxygen atoms in total. The zero-order valence-corrected chi connectivity index (χ0v) is 12.4. The van der Waals surface area contributed by atoms with Gasteiger partial charge in [0, 0.05) is 18.8 Å². The zero-order chi connectivity index (χ0) is 14.5. The summed E-state index contributed by atoms with van der Waals surface area (Å²) < 4.78 is 1.71. The number of aromatic nitrogens is 2. The van der Waals surface area contributed by atoms with Crippen molar-refractivity contribution in [2.75, 3.05) is 13.2 Å². The van der Waals surface area contributed by atoms with Gasteiger partial charge < -0.3 is 10.4 Å². The van der Waals surface area contributed by atoms with Crippen LogP contribution < -0.4 is 5.32 Å². The first kappa shape index (κ1) is 15.7. The highest BCUT2D eigenvalue weighted by molar-refractivity contribution is 5.75. The summed E-state index contributed by atoms with van der Waals surface area (Å²) in [7, 11) is 0. The van der Waals surface area contributed by atoms with Crippen molar-refractivity contribution in [2.24, 2.45) is 5.41 Å². The molecule has 1 rings (SSSR count). The molecular formula is C14H25N3O2. The van der Waals surface area contributed by atoms with Gasteiger partial charge in [0.1, 0.15) is 6.54 Å². The number of amides is 1. The van der Waals surface area contributed by atoms with Crippen molar-refractivity contribution < 1.29 is 9.90 Å². The number of rotatable bonds is 7. The first-order valence-corrected chi connectivity index (χ1v) is 6.73. The molecule has 2 N–H and O–H groups in total. The molecule has 0 aliphatic rings. The molecule has 19 heavy (non-hydrogen) atoms. The van der Waals surface area contributed by atoms with Crippen LogP contribution in [-0.2, 0) is 11.3 Å². The van der Waals surface area contributed by atoms with E-state index in [1.807, 2.05) is 19.9 Å². The van der Waals surface area contributed by atoms with E-state index in [1.165, 1.54) is 0 Å². The van der Waals surface area contributed by atoms with Gasteiger partial charge in [-0.3, -0.25) is 9.48 Å². The summed E-state index contributed by atoms with van der Waals surface area (Å²) in [6.45, 7) is 9.11. The Morgan fingerprint density at radius 1 is 1.47 bits per heavy atom. The summed E-state index contributed by atoms with van der Waals surface area (Å²) in [6, 6.07) is 1.96. The Bertz CT molecular complexity index is 424. The summed E-state index contributed by atoms with van der Waals surface area (Å²) in [4.78, 5) is 11.9. The fourth-order valence-electron chi connectivity index (χ4n) is 2.01. The van der Waals surface area contributed by atoms with Gasteiger partial charge >= 0.3 is 0 Å².